The number of carbonyl (C=O) groups is 2. The van der Waals surface area contributed by atoms with Gasteiger partial charge in [-0.05, 0) is 18.2 Å². The topological polar surface area (TPSA) is 83.7 Å². The second-order valence-corrected chi connectivity index (χ2v) is 7.99. The summed E-state index contributed by atoms with van der Waals surface area (Å²) in [5.74, 6) is -0.506. The van der Waals surface area contributed by atoms with E-state index in [0.717, 1.165) is 60.3 Å². The molecule has 0 bridgehead atoms. The third kappa shape index (κ3) is 4.46. The summed E-state index contributed by atoms with van der Waals surface area (Å²) in [4.78, 5) is 31.0. The fourth-order valence-electron chi connectivity index (χ4n) is 4.18. The molecule has 2 heterocycles. The zero-order valence-corrected chi connectivity index (χ0v) is 18.2. The summed E-state index contributed by atoms with van der Waals surface area (Å²) in [6.07, 6.45) is 1.58. The third-order valence-corrected chi connectivity index (χ3v) is 5.94. The molecule has 7 nitrogen and oxygen atoms in total. The Morgan fingerprint density at radius 3 is 2.48 bits per heavy atom. The highest BCUT2D eigenvalue weighted by molar-refractivity contribution is 6.48. The van der Waals surface area contributed by atoms with E-state index in [1.54, 1.807) is 12.3 Å². The van der Waals surface area contributed by atoms with Crippen LogP contribution in [0.4, 0.5) is 5.69 Å². The number of nitrogens with one attached hydrogen (secondary N) is 2. The molecule has 33 heavy (non-hydrogen) atoms. The predicted octanol–water partition coefficient (Wildman–Crippen LogP) is 3.85. The number of H-pyrrole nitrogens is 1. The van der Waals surface area contributed by atoms with Gasteiger partial charge in [0.05, 0.1) is 18.8 Å². The number of hydrogen-bond donors (Lipinski definition) is 2. The Morgan fingerprint density at radius 1 is 0.939 bits per heavy atom. The Balaban J connectivity index is 1.32. The normalized spacial score (nSPS) is 14.4. The van der Waals surface area contributed by atoms with E-state index in [2.05, 4.69) is 15.2 Å². The molecule has 1 aromatic heterocycles. The van der Waals surface area contributed by atoms with E-state index in [-0.39, 0.29) is 0 Å². The molecule has 1 amide bonds. The van der Waals surface area contributed by atoms with Crippen LogP contribution in [0.25, 0.3) is 21.7 Å². The summed E-state index contributed by atoms with van der Waals surface area (Å²) in [6, 6.07) is 18.7. The van der Waals surface area contributed by atoms with Gasteiger partial charge in [-0.2, -0.15) is 0 Å². The highest BCUT2D eigenvalue weighted by Gasteiger charge is 2.21. The molecule has 1 saturated heterocycles. The van der Waals surface area contributed by atoms with Crippen LogP contribution in [0.5, 0.6) is 5.75 Å². The lowest BCUT2D eigenvalue weighted by Crippen LogP contribution is -2.38. The van der Waals surface area contributed by atoms with Gasteiger partial charge in [-0.15, -0.1) is 0 Å². The summed E-state index contributed by atoms with van der Waals surface area (Å²) in [5, 5.41) is 5.23. The van der Waals surface area contributed by atoms with Gasteiger partial charge in [0.25, 0.3) is 11.7 Å². The molecular weight excluding hydrogens is 418 g/mol. The first-order valence-electron chi connectivity index (χ1n) is 11.1. The molecule has 0 saturated carbocycles. The highest BCUT2D eigenvalue weighted by atomic mass is 16.5. The molecule has 0 atom stereocenters. The van der Waals surface area contributed by atoms with Crippen LogP contribution in [0.2, 0.25) is 0 Å². The molecule has 1 aliphatic rings. The zero-order chi connectivity index (χ0) is 22.6. The van der Waals surface area contributed by atoms with E-state index in [9.17, 15) is 9.59 Å². The van der Waals surface area contributed by atoms with E-state index in [0.29, 0.717) is 17.9 Å². The Kier molecular flexibility index (Phi) is 6.06. The molecule has 0 spiro atoms. The smallest absolute Gasteiger partial charge is 0.296 e. The van der Waals surface area contributed by atoms with Crippen LogP contribution in [0, 0.1) is 0 Å². The van der Waals surface area contributed by atoms with Crippen LogP contribution < -0.4 is 10.1 Å². The average molecular weight is 444 g/mol. The quantitative estimate of drug-likeness (QED) is 0.335. The highest BCUT2D eigenvalue weighted by Crippen LogP contribution is 2.32. The molecule has 2 N–H and O–H groups in total. The number of hydrogen-bond acceptors (Lipinski definition) is 5. The molecule has 0 aliphatic carbocycles. The number of anilines is 1. The number of nitrogens with zero attached hydrogens (tertiary/aromatic N) is 1. The number of ether oxygens (including phenoxy) is 2. The minimum Gasteiger partial charge on any atom is -0.492 e. The van der Waals surface area contributed by atoms with Crippen molar-refractivity contribution in [3.8, 4) is 5.75 Å². The first-order valence-corrected chi connectivity index (χ1v) is 11.1. The van der Waals surface area contributed by atoms with E-state index in [1.165, 1.54) is 0 Å². The summed E-state index contributed by atoms with van der Waals surface area (Å²) in [7, 11) is 0. The monoisotopic (exact) mass is 443 g/mol. The molecule has 5 rings (SSSR count). The van der Waals surface area contributed by atoms with Crippen LogP contribution in [0.3, 0.4) is 0 Å². The Hall–Kier alpha value is -3.68. The predicted molar refractivity (Wildman–Crippen MR) is 128 cm³/mol. The number of ketones is 1. The zero-order valence-electron chi connectivity index (χ0n) is 18.2. The van der Waals surface area contributed by atoms with Crippen LogP contribution >= 0.6 is 0 Å². The van der Waals surface area contributed by atoms with Crippen LogP contribution in [0.15, 0.2) is 66.9 Å². The van der Waals surface area contributed by atoms with E-state index >= 15 is 0 Å². The van der Waals surface area contributed by atoms with Gasteiger partial charge in [0, 0.05) is 53.2 Å². The number of carbonyl (C=O) groups excluding carboxylic acids is 2. The first-order chi connectivity index (χ1) is 16.2. The number of rotatable bonds is 7. The van der Waals surface area contributed by atoms with Crippen molar-refractivity contribution in [2.45, 2.75) is 0 Å². The Labute approximate surface area is 191 Å². The van der Waals surface area contributed by atoms with Crippen molar-refractivity contribution >= 4 is 39.1 Å². The number of Topliss-reactive ketones (excluding diaryl/α,β-unsaturated/α-hetero) is 1. The van der Waals surface area contributed by atoms with Gasteiger partial charge in [-0.1, -0.05) is 42.5 Å². The number of fused-ring (bicyclic) bond motifs is 2. The number of para-hydroxylation sites is 1. The van der Waals surface area contributed by atoms with E-state index < -0.39 is 11.7 Å². The van der Waals surface area contributed by atoms with Crippen molar-refractivity contribution in [3.05, 3.63) is 72.4 Å². The first kappa shape index (κ1) is 21.2. The van der Waals surface area contributed by atoms with Crippen molar-refractivity contribution < 1.29 is 19.1 Å². The number of aromatic nitrogens is 1. The summed E-state index contributed by atoms with van der Waals surface area (Å²) in [6.45, 7) is 4.74. The van der Waals surface area contributed by atoms with Gasteiger partial charge >= 0.3 is 0 Å². The lowest BCUT2D eigenvalue weighted by Gasteiger charge is -2.26. The average Bonchev–Trinajstić information content (AvgIpc) is 3.29. The molecule has 4 aromatic rings. The van der Waals surface area contributed by atoms with Crippen molar-refractivity contribution in [2.75, 3.05) is 44.8 Å². The second-order valence-electron chi connectivity index (χ2n) is 7.99. The summed E-state index contributed by atoms with van der Waals surface area (Å²) in [5.41, 5.74) is 1.75. The van der Waals surface area contributed by atoms with Crippen molar-refractivity contribution in [1.29, 1.82) is 0 Å². The molecular formula is C26H25N3O4. The van der Waals surface area contributed by atoms with Gasteiger partial charge in [0.1, 0.15) is 12.4 Å². The second kappa shape index (κ2) is 9.44. The van der Waals surface area contributed by atoms with E-state index in [1.807, 2.05) is 54.6 Å². The maximum atomic E-state index is 12.8. The molecule has 0 radical (unpaired) electrons. The molecule has 7 heteroatoms. The lowest BCUT2D eigenvalue weighted by molar-refractivity contribution is -0.112. The summed E-state index contributed by atoms with van der Waals surface area (Å²) >= 11 is 0. The van der Waals surface area contributed by atoms with Gasteiger partial charge in [0.2, 0.25) is 0 Å². The summed E-state index contributed by atoms with van der Waals surface area (Å²) < 4.78 is 11.5. The molecule has 168 valence electrons. The number of benzene rings is 3. The fourth-order valence-corrected chi connectivity index (χ4v) is 4.18. The van der Waals surface area contributed by atoms with Gasteiger partial charge in [0.15, 0.2) is 0 Å². The van der Waals surface area contributed by atoms with Crippen LogP contribution in [-0.4, -0.2) is 61.0 Å². The SMILES string of the molecule is O=C(Nc1ccc(OCCN2CCOCC2)c2ccccc12)C(=O)c1c[nH]c2ccccc12. The Bertz CT molecular complexity index is 1310. The number of aromatic amines is 1. The Morgan fingerprint density at radius 2 is 1.67 bits per heavy atom. The lowest BCUT2D eigenvalue weighted by atomic mass is 10.1. The number of amides is 1. The van der Waals surface area contributed by atoms with Gasteiger partial charge < -0.3 is 19.8 Å². The third-order valence-electron chi connectivity index (χ3n) is 5.94. The molecule has 3 aromatic carbocycles. The van der Waals surface area contributed by atoms with E-state index in [4.69, 9.17) is 9.47 Å². The minimum atomic E-state index is -0.675. The molecule has 1 fully saturated rings. The van der Waals surface area contributed by atoms with Crippen LogP contribution in [-0.2, 0) is 9.53 Å². The molecule has 0 unspecified atom stereocenters. The minimum absolute atomic E-state index is 0.357. The number of morpholine rings is 1. The van der Waals surface area contributed by atoms with Gasteiger partial charge in [-0.3, -0.25) is 14.5 Å². The maximum absolute atomic E-state index is 12.8. The van der Waals surface area contributed by atoms with Crippen molar-refractivity contribution in [1.82, 2.24) is 9.88 Å². The maximum Gasteiger partial charge on any atom is 0.296 e. The van der Waals surface area contributed by atoms with Crippen molar-refractivity contribution in [3.63, 3.8) is 0 Å². The molecule has 1 aliphatic heterocycles. The fraction of sp³-hybridized carbons (Fsp3) is 0.231. The van der Waals surface area contributed by atoms with Gasteiger partial charge in [-0.25, -0.2) is 0 Å². The van der Waals surface area contributed by atoms with Crippen LogP contribution in [0.1, 0.15) is 10.4 Å². The largest absolute Gasteiger partial charge is 0.492 e. The van der Waals surface area contributed by atoms with Crippen molar-refractivity contribution in [2.24, 2.45) is 0 Å². The standard InChI is InChI=1S/C26H25N3O4/c30-25(21-17-27-22-8-4-3-6-19(21)22)26(31)28-23-9-10-24(20-7-2-1-5-18(20)23)33-16-13-29-11-14-32-15-12-29/h1-10,17,27H,11-16H2,(H,28,31).